The summed E-state index contributed by atoms with van der Waals surface area (Å²) in [4.78, 5) is 12.0. The van der Waals surface area contributed by atoms with Crippen LogP contribution in [-0.2, 0) is 11.2 Å². The van der Waals surface area contributed by atoms with Crippen LogP contribution in [0.2, 0.25) is 0 Å². The molecule has 2 atom stereocenters. The highest BCUT2D eigenvalue weighted by atomic mass is 16.3. The Kier molecular flexibility index (Phi) is 7.83. The van der Waals surface area contributed by atoms with Crippen LogP contribution >= 0.6 is 0 Å². The summed E-state index contributed by atoms with van der Waals surface area (Å²) >= 11 is 0. The zero-order valence-electron chi connectivity index (χ0n) is 13.1. The van der Waals surface area contributed by atoms with E-state index in [1.807, 2.05) is 0 Å². The summed E-state index contributed by atoms with van der Waals surface area (Å²) in [6.07, 6.45) is 5.31. The minimum absolute atomic E-state index is 0.106. The highest BCUT2D eigenvalue weighted by molar-refractivity contribution is 5.81. The zero-order valence-corrected chi connectivity index (χ0v) is 13.1. The van der Waals surface area contributed by atoms with Crippen LogP contribution in [0.3, 0.4) is 0 Å². The minimum atomic E-state index is -0.544. The van der Waals surface area contributed by atoms with Crippen LogP contribution in [0.4, 0.5) is 0 Å². The second kappa shape index (κ2) is 9.40. The van der Waals surface area contributed by atoms with E-state index in [1.165, 1.54) is 19.3 Å². The fraction of sp³-hybridized carbons (Fsp3) is 0.588. The second-order valence-corrected chi connectivity index (χ2v) is 5.82. The summed E-state index contributed by atoms with van der Waals surface area (Å²) in [7, 11) is 0. The van der Waals surface area contributed by atoms with Gasteiger partial charge in [-0.15, -0.1) is 0 Å². The third-order valence-corrected chi connectivity index (χ3v) is 3.65. The Hall–Kier alpha value is -1.55. The second-order valence-electron chi connectivity index (χ2n) is 5.82. The van der Waals surface area contributed by atoms with Gasteiger partial charge in [0.1, 0.15) is 5.75 Å². The molecule has 0 aliphatic carbocycles. The van der Waals surface area contributed by atoms with Gasteiger partial charge in [-0.05, 0) is 36.5 Å². The summed E-state index contributed by atoms with van der Waals surface area (Å²) in [5.74, 6) is 0.601. The normalized spacial score (nSPS) is 13.7. The number of aromatic hydroxyl groups is 1. The first-order valence-electron chi connectivity index (χ1n) is 7.84. The molecule has 1 rings (SSSR count). The maximum atomic E-state index is 12.0. The molecule has 1 unspecified atom stereocenters. The Morgan fingerprint density at radius 1 is 1.29 bits per heavy atom. The van der Waals surface area contributed by atoms with Crippen molar-refractivity contribution in [3.05, 3.63) is 29.8 Å². The number of carbonyl (C=O) groups excluding carboxylic acids is 1. The predicted molar refractivity (Wildman–Crippen MR) is 86.1 cm³/mol. The third kappa shape index (κ3) is 7.14. The van der Waals surface area contributed by atoms with Crippen molar-refractivity contribution in [1.29, 1.82) is 0 Å². The fourth-order valence-corrected chi connectivity index (χ4v) is 2.23. The molecule has 0 aliphatic rings. The van der Waals surface area contributed by atoms with E-state index in [4.69, 9.17) is 5.73 Å². The van der Waals surface area contributed by atoms with Crippen molar-refractivity contribution in [3.8, 4) is 5.75 Å². The van der Waals surface area contributed by atoms with E-state index in [0.29, 0.717) is 18.9 Å². The molecule has 4 nitrogen and oxygen atoms in total. The van der Waals surface area contributed by atoms with Crippen LogP contribution < -0.4 is 11.1 Å². The van der Waals surface area contributed by atoms with Gasteiger partial charge >= 0.3 is 0 Å². The van der Waals surface area contributed by atoms with Crippen LogP contribution in [0, 0.1) is 5.92 Å². The van der Waals surface area contributed by atoms with Gasteiger partial charge in [0.05, 0.1) is 6.04 Å². The lowest BCUT2D eigenvalue weighted by atomic mass is 10.0. The zero-order chi connectivity index (χ0) is 15.7. The molecule has 0 fully saturated rings. The van der Waals surface area contributed by atoms with Gasteiger partial charge in [-0.1, -0.05) is 45.2 Å². The van der Waals surface area contributed by atoms with Crippen LogP contribution in [0.5, 0.6) is 5.75 Å². The molecule has 0 aromatic heterocycles. The monoisotopic (exact) mass is 292 g/mol. The Labute approximate surface area is 127 Å². The molecule has 4 N–H and O–H groups in total. The Morgan fingerprint density at radius 2 is 1.95 bits per heavy atom. The smallest absolute Gasteiger partial charge is 0.237 e. The number of nitrogens with two attached hydrogens (primary N) is 1. The first-order valence-corrected chi connectivity index (χ1v) is 7.84. The molecule has 21 heavy (non-hydrogen) atoms. The van der Waals surface area contributed by atoms with E-state index in [-0.39, 0.29) is 11.7 Å². The number of benzene rings is 1. The van der Waals surface area contributed by atoms with Gasteiger partial charge in [0.25, 0.3) is 0 Å². The fourth-order valence-electron chi connectivity index (χ4n) is 2.23. The maximum Gasteiger partial charge on any atom is 0.237 e. The van der Waals surface area contributed by atoms with Crippen molar-refractivity contribution < 1.29 is 9.90 Å². The van der Waals surface area contributed by atoms with Crippen molar-refractivity contribution in [3.63, 3.8) is 0 Å². The number of hydrogen-bond acceptors (Lipinski definition) is 3. The molecule has 0 heterocycles. The molecule has 4 heteroatoms. The quantitative estimate of drug-likeness (QED) is 0.612. The SMILES string of the molecule is CCCCCC(C)CNC(=O)[C@@H](N)Cc1ccc(O)cc1. The molecule has 0 aliphatic heterocycles. The maximum absolute atomic E-state index is 12.0. The molecule has 0 saturated heterocycles. The Bertz CT molecular complexity index is 417. The van der Waals surface area contributed by atoms with Crippen molar-refractivity contribution in [2.75, 3.05) is 6.54 Å². The average Bonchev–Trinajstić information content (AvgIpc) is 2.47. The molecule has 1 amide bonds. The van der Waals surface area contributed by atoms with Gasteiger partial charge in [-0.2, -0.15) is 0 Å². The highest BCUT2D eigenvalue weighted by Gasteiger charge is 2.14. The van der Waals surface area contributed by atoms with Crippen molar-refractivity contribution in [1.82, 2.24) is 5.32 Å². The van der Waals surface area contributed by atoms with Crippen LogP contribution in [-0.4, -0.2) is 23.6 Å². The number of nitrogens with one attached hydrogen (secondary N) is 1. The number of phenols is 1. The molecular weight excluding hydrogens is 264 g/mol. The van der Waals surface area contributed by atoms with Gasteiger partial charge in [0.2, 0.25) is 5.91 Å². The molecule has 1 aromatic rings. The number of amides is 1. The van der Waals surface area contributed by atoms with E-state index in [0.717, 1.165) is 12.0 Å². The Morgan fingerprint density at radius 3 is 2.57 bits per heavy atom. The molecule has 0 radical (unpaired) electrons. The number of hydrogen-bond donors (Lipinski definition) is 3. The molecule has 118 valence electrons. The average molecular weight is 292 g/mol. The summed E-state index contributed by atoms with van der Waals surface area (Å²) < 4.78 is 0. The predicted octanol–water partition coefficient (Wildman–Crippen LogP) is 2.59. The van der Waals surface area contributed by atoms with E-state index < -0.39 is 6.04 Å². The van der Waals surface area contributed by atoms with Gasteiger partial charge in [-0.25, -0.2) is 0 Å². The summed E-state index contributed by atoms with van der Waals surface area (Å²) in [6, 6.07) is 6.24. The standard InChI is InChI=1S/C17H28N2O2/c1-3-4-5-6-13(2)12-19-17(21)16(18)11-14-7-9-15(20)10-8-14/h7-10,13,16,20H,3-6,11-12,18H2,1-2H3,(H,19,21)/t13?,16-/m0/s1. The van der Waals surface area contributed by atoms with E-state index in [9.17, 15) is 9.90 Å². The van der Waals surface area contributed by atoms with Crippen LogP contribution in [0.15, 0.2) is 24.3 Å². The molecule has 0 saturated carbocycles. The lowest BCUT2D eigenvalue weighted by molar-refractivity contribution is -0.122. The topological polar surface area (TPSA) is 75.4 Å². The van der Waals surface area contributed by atoms with Gasteiger partial charge < -0.3 is 16.2 Å². The van der Waals surface area contributed by atoms with Crippen molar-refractivity contribution in [2.24, 2.45) is 11.7 Å². The van der Waals surface area contributed by atoms with E-state index in [2.05, 4.69) is 19.2 Å². The molecule has 0 spiro atoms. The van der Waals surface area contributed by atoms with E-state index >= 15 is 0 Å². The van der Waals surface area contributed by atoms with Crippen molar-refractivity contribution >= 4 is 5.91 Å². The summed E-state index contributed by atoms with van der Waals surface area (Å²) in [5.41, 5.74) is 6.87. The van der Waals surface area contributed by atoms with Gasteiger partial charge in [0, 0.05) is 6.54 Å². The van der Waals surface area contributed by atoms with Crippen LogP contribution in [0.1, 0.15) is 45.1 Å². The molecule has 1 aromatic carbocycles. The summed E-state index contributed by atoms with van der Waals surface area (Å²) in [6.45, 7) is 5.03. The number of unbranched alkanes of at least 4 members (excludes halogenated alkanes) is 2. The van der Waals surface area contributed by atoms with E-state index in [1.54, 1.807) is 24.3 Å². The highest BCUT2D eigenvalue weighted by Crippen LogP contribution is 2.11. The third-order valence-electron chi connectivity index (χ3n) is 3.65. The first-order chi connectivity index (χ1) is 10.0. The lowest BCUT2D eigenvalue weighted by Crippen LogP contribution is -2.43. The Balaban J connectivity index is 2.29. The first kappa shape index (κ1) is 17.5. The number of rotatable bonds is 9. The van der Waals surface area contributed by atoms with Gasteiger partial charge in [-0.3, -0.25) is 4.79 Å². The number of carbonyl (C=O) groups is 1. The largest absolute Gasteiger partial charge is 0.508 e. The lowest BCUT2D eigenvalue weighted by Gasteiger charge is -2.16. The number of phenolic OH excluding ortho intramolecular Hbond substituents is 1. The van der Waals surface area contributed by atoms with Crippen LogP contribution in [0.25, 0.3) is 0 Å². The minimum Gasteiger partial charge on any atom is -0.508 e. The summed E-state index contributed by atoms with van der Waals surface area (Å²) in [5, 5.41) is 12.2. The molecular formula is C17H28N2O2. The van der Waals surface area contributed by atoms with Crippen molar-refractivity contribution in [2.45, 2.75) is 52.0 Å². The van der Waals surface area contributed by atoms with Gasteiger partial charge in [0.15, 0.2) is 0 Å². The molecule has 0 bridgehead atoms.